The van der Waals surface area contributed by atoms with Crippen LogP contribution in [0.5, 0.6) is 0 Å². The maximum atomic E-state index is 5.27. The van der Waals surface area contributed by atoms with Crippen LogP contribution in [0.25, 0.3) is 6.08 Å². The number of aryl methyl sites for hydroxylation is 2. The summed E-state index contributed by atoms with van der Waals surface area (Å²) < 4.78 is 5.27. The molecule has 2 rings (SSSR count). The van der Waals surface area contributed by atoms with Crippen LogP contribution in [0, 0.1) is 13.8 Å². The second-order valence-corrected chi connectivity index (χ2v) is 4.88. The molecule has 2 heterocycles. The van der Waals surface area contributed by atoms with Crippen molar-refractivity contribution in [3.8, 4) is 0 Å². The van der Waals surface area contributed by atoms with Crippen LogP contribution < -0.4 is 0 Å². The summed E-state index contributed by atoms with van der Waals surface area (Å²) in [7, 11) is 2.11. The molecule has 0 aliphatic carbocycles. The summed E-state index contributed by atoms with van der Waals surface area (Å²) in [5, 5.41) is 7.30. The second-order valence-electron chi connectivity index (χ2n) is 4.88. The molecule has 102 valence electrons. The van der Waals surface area contributed by atoms with Crippen LogP contribution in [0.3, 0.4) is 0 Å². The maximum absolute atomic E-state index is 5.27. The van der Waals surface area contributed by atoms with E-state index < -0.39 is 0 Å². The molecule has 0 radical (unpaired) electrons. The van der Waals surface area contributed by atoms with E-state index in [0.29, 0.717) is 6.04 Å². The molecule has 0 aromatic carbocycles. The van der Waals surface area contributed by atoms with Gasteiger partial charge in [-0.25, -0.2) is 0 Å². The van der Waals surface area contributed by atoms with E-state index in [1.54, 1.807) is 6.26 Å². The molecule has 0 spiro atoms. The lowest BCUT2D eigenvalue weighted by atomic mass is 10.1. The summed E-state index contributed by atoms with van der Waals surface area (Å²) in [6.07, 6.45) is 5.79. The van der Waals surface area contributed by atoms with Crippen molar-refractivity contribution in [3.05, 3.63) is 47.2 Å². The number of aromatic nitrogens is 2. The Morgan fingerprint density at radius 3 is 2.84 bits per heavy atom. The minimum Gasteiger partial charge on any atom is -0.465 e. The van der Waals surface area contributed by atoms with Crippen molar-refractivity contribution in [1.82, 2.24) is 15.1 Å². The van der Waals surface area contributed by atoms with Crippen LogP contribution in [-0.4, -0.2) is 28.7 Å². The molecule has 0 saturated carbocycles. The number of aromatic amines is 1. The van der Waals surface area contributed by atoms with Crippen LogP contribution in [-0.2, 0) is 0 Å². The van der Waals surface area contributed by atoms with Crippen molar-refractivity contribution in [1.29, 1.82) is 0 Å². The molecule has 1 N–H and O–H groups in total. The third-order valence-corrected chi connectivity index (χ3v) is 3.48. The number of nitrogens with one attached hydrogen (secondary N) is 1. The van der Waals surface area contributed by atoms with Crippen LogP contribution >= 0.6 is 0 Å². The molecule has 1 atom stereocenters. The number of H-pyrrole nitrogens is 1. The zero-order valence-corrected chi connectivity index (χ0v) is 12.0. The van der Waals surface area contributed by atoms with Gasteiger partial charge < -0.3 is 4.42 Å². The van der Waals surface area contributed by atoms with Gasteiger partial charge in [-0.15, -0.1) is 0 Å². The average molecular weight is 259 g/mol. The van der Waals surface area contributed by atoms with Gasteiger partial charge in [0.05, 0.1) is 12.0 Å². The van der Waals surface area contributed by atoms with Gasteiger partial charge in [0.1, 0.15) is 5.76 Å². The van der Waals surface area contributed by atoms with E-state index in [9.17, 15) is 0 Å². The highest BCUT2D eigenvalue weighted by Crippen LogP contribution is 2.23. The maximum Gasteiger partial charge on any atom is 0.126 e. The molecule has 0 fully saturated rings. The second kappa shape index (κ2) is 5.89. The zero-order valence-electron chi connectivity index (χ0n) is 12.0. The monoisotopic (exact) mass is 259 g/mol. The minimum absolute atomic E-state index is 0.333. The molecule has 0 bridgehead atoms. The van der Waals surface area contributed by atoms with Gasteiger partial charge in [0.2, 0.25) is 0 Å². The van der Waals surface area contributed by atoms with E-state index >= 15 is 0 Å². The number of hydrogen-bond donors (Lipinski definition) is 1. The lowest BCUT2D eigenvalue weighted by molar-refractivity contribution is 0.288. The molecule has 19 heavy (non-hydrogen) atoms. The Bertz CT molecular complexity index is 520. The number of likely N-dealkylation sites (N-methyl/N-ethyl adjacent to an activating group) is 1. The normalized spacial score (nSPS) is 13.5. The first kappa shape index (κ1) is 13.6. The van der Waals surface area contributed by atoms with E-state index in [-0.39, 0.29) is 0 Å². The van der Waals surface area contributed by atoms with Gasteiger partial charge in [-0.1, -0.05) is 6.08 Å². The van der Waals surface area contributed by atoms with E-state index in [1.807, 2.05) is 25.1 Å². The van der Waals surface area contributed by atoms with Gasteiger partial charge in [-0.05, 0) is 46.0 Å². The fourth-order valence-corrected chi connectivity index (χ4v) is 2.27. The summed E-state index contributed by atoms with van der Waals surface area (Å²) in [6, 6.07) is 4.18. The first-order valence-electron chi connectivity index (χ1n) is 6.51. The van der Waals surface area contributed by atoms with E-state index in [0.717, 1.165) is 23.7 Å². The predicted molar refractivity (Wildman–Crippen MR) is 76.8 cm³/mol. The Morgan fingerprint density at radius 2 is 2.26 bits per heavy atom. The third-order valence-electron chi connectivity index (χ3n) is 3.48. The first-order chi connectivity index (χ1) is 9.09. The summed E-state index contributed by atoms with van der Waals surface area (Å²) in [4.78, 5) is 2.28. The van der Waals surface area contributed by atoms with Gasteiger partial charge in [-0.3, -0.25) is 10.00 Å². The standard InChI is InChI=1S/C15H21N3O/c1-11-15(12(2)17-16-11)13(3)18(4)9-5-7-14-8-6-10-19-14/h5-8,10,13H,9H2,1-4H3,(H,16,17). The van der Waals surface area contributed by atoms with Crippen LogP contribution in [0.1, 0.15) is 35.7 Å². The quantitative estimate of drug-likeness (QED) is 0.895. The smallest absolute Gasteiger partial charge is 0.126 e. The van der Waals surface area contributed by atoms with Crippen molar-refractivity contribution < 1.29 is 4.42 Å². The first-order valence-corrected chi connectivity index (χ1v) is 6.51. The highest BCUT2D eigenvalue weighted by molar-refractivity contribution is 5.42. The predicted octanol–water partition coefficient (Wildman–Crippen LogP) is 3.33. The number of hydrogen-bond acceptors (Lipinski definition) is 3. The molecular formula is C15H21N3O. The van der Waals surface area contributed by atoms with Gasteiger partial charge in [-0.2, -0.15) is 5.10 Å². The van der Waals surface area contributed by atoms with Crippen molar-refractivity contribution >= 4 is 6.08 Å². The molecule has 1 unspecified atom stereocenters. The minimum atomic E-state index is 0.333. The summed E-state index contributed by atoms with van der Waals surface area (Å²) in [6.45, 7) is 7.18. The number of nitrogens with zero attached hydrogens (tertiary/aromatic N) is 2. The Kier molecular flexibility index (Phi) is 4.22. The van der Waals surface area contributed by atoms with E-state index in [2.05, 4.69) is 42.1 Å². The van der Waals surface area contributed by atoms with Gasteiger partial charge >= 0.3 is 0 Å². The SMILES string of the molecule is Cc1n[nH]c(C)c1C(C)N(C)CC=Cc1ccco1. The molecule has 0 aliphatic heterocycles. The average Bonchev–Trinajstić information content (AvgIpc) is 2.99. The largest absolute Gasteiger partial charge is 0.465 e. The lowest BCUT2D eigenvalue weighted by Gasteiger charge is -2.23. The van der Waals surface area contributed by atoms with Crippen molar-refractivity contribution in [2.24, 2.45) is 0 Å². The van der Waals surface area contributed by atoms with Crippen molar-refractivity contribution in [2.75, 3.05) is 13.6 Å². The molecule has 2 aromatic heterocycles. The van der Waals surface area contributed by atoms with E-state index in [4.69, 9.17) is 4.42 Å². The molecule has 0 amide bonds. The topological polar surface area (TPSA) is 45.1 Å². The molecule has 0 aliphatic rings. The molecule has 4 heteroatoms. The Hall–Kier alpha value is -1.81. The molecule has 0 saturated heterocycles. The molecule has 4 nitrogen and oxygen atoms in total. The fraction of sp³-hybridized carbons (Fsp3) is 0.400. The van der Waals surface area contributed by atoms with Gasteiger partial charge in [0.25, 0.3) is 0 Å². The van der Waals surface area contributed by atoms with Gasteiger partial charge in [0.15, 0.2) is 0 Å². The molecule has 2 aromatic rings. The fourth-order valence-electron chi connectivity index (χ4n) is 2.27. The van der Waals surface area contributed by atoms with E-state index in [1.165, 1.54) is 5.56 Å². The Balaban J connectivity index is 1.98. The van der Waals surface area contributed by atoms with Crippen LogP contribution in [0.15, 0.2) is 28.9 Å². The van der Waals surface area contributed by atoms with Crippen LogP contribution in [0.4, 0.5) is 0 Å². The highest BCUT2D eigenvalue weighted by Gasteiger charge is 2.17. The van der Waals surface area contributed by atoms with Crippen molar-refractivity contribution in [3.63, 3.8) is 0 Å². The lowest BCUT2D eigenvalue weighted by Crippen LogP contribution is -2.23. The third kappa shape index (κ3) is 3.15. The zero-order chi connectivity index (χ0) is 13.8. The molecular weight excluding hydrogens is 238 g/mol. The summed E-state index contributed by atoms with van der Waals surface area (Å²) >= 11 is 0. The number of rotatable bonds is 5. The Labute approximate surface area is 114 Å². The van der Waals surface area contributed by atoms with Crippen molar-refractivity contribution in [2.45, 2.75) is 26.8 Å². The number of furan rings is 1. The summed E-state index contributed by atoms with van der Waals surface area (Å²) in [5.41, 5.74) is 3.51. The summed E-state index contributed by atoms with van der Waals surface area (Å²) in [5.74, 6) is 0.886. The Morgan fingerprint density at radius 1 is 1.47 bits per heavy atom. The van der Waals surface area contributed by atoms with Crippen LogP contribution in [0.2, 0.25) is 0 Å². The highest BCUT2D eigenvalue weighted by atomic mass is 16.3. The van der Waals surface area contributed by atoms with Gasteiger partial charge in [0, 0.05) is 23.8 Å².